The molecule has 0 aliphatic carbocycles. The van der Waals surface area contributed by atoms with Crippen molar-refractivity contribution in [2.45, 2.75) is 26.4 Å². The summed E-state index contributed by atoms with van der Waals surface area (Å²) in [7, 11) is 0. The Morgan fingerprint density at radius 2 is 2.31 bits per heavy atom. The topological polar surface area (TPSA) is 49.3 Å². The van der Waals surface area contributed by atoms with Crippen LogP contribution in [0, 0.1) is 0 Å². The van der Waals surface area contributed by atoms with Gasteiger partial charge in [-0.2, -0.15) is 0 Å². The summed E-state index contributed by atoms with van der Waals surface area (Å²) in [6, 6.07) is 3.90. The normalized spacial score (nSPS) is 12.6. The largest absolute Gasteiger partial charge is 0.389 e. The first-order chi connectivity index (χ1) is 7.38. The third-order valence-electron chi connectivity index (χ3n) is 1.94. The van der Waals surface area contributed by atoms with Crippen molar-refractivity contribution >= 4 is 23.3 Å². The lowest BCUT2D eigenvalue weighted by Crippen LogP contribution is -2.38. The lowest BCUT2D eigenvalue weighted by atomic mass is 10.1. The van der Waals surface area contributed by atoms with Crippen LogP contribution in [0.25, 0.3) is 6.08 Å². The number of aliphatic hydroxyl groups is 1. The van der Waals surface area contributed by atoms with Gasteiger partial charge in [-0.3, -0.25) is 4.79 Å². The Balaban J connectivity index is 2.55. The smallest absolute Gasteiger partial charge is 0.247 e. The quantitative estimate of drug-likeness (QED) is 0.790. The highest BCUT2D eigenvalue weighted by Crippen LogP contribution is 2.13. The molecule has 0 fully saturated rings. The minimum Gasteiger partial charge on any atom is -0.389 e. The summed E-state index contributed by atoms with van der Waals surface area (Å²) in [6.07, 6.45) is 1.84. The molecule has 16 heavy (non-hydrogen) atoms. The first-order valence-electron chi connectivity index (χ1n) is 5.11. The van der Waals surface area contributed by atoms with Crippen LogP contribution >= 0.6 is 11.3 Å². The van der Waals surface area contributed by atoms with Gasteiger partial charge in [-0.25, -0.2) is 0 Å². The van der Waals surface area contributed by atoms with Gasteiger partial charge in [-0.15, -0.1) is 11.3 Å². The van der Waals surface area contributed by atoms with Crippen molar-refractivity contribution in [3.8, 4) is 0 Å². The van der Waals surface area contributed by atoms with Crippen LogP contribution in [-0.2, 0) is 4.79 Å². The van der Waals surface area contributed by atoms with Crippen LogP contribution in [0.4, 0.5) is 0 Å². The van der Waals surface area contributed by atoms with Gasteiger partial charge in [0.25, 0.3) is 0 Å². The number of carbonyl (C=O) groups is 1. The maximum Gasteiger partial charge on any atom is 0.247 e. The molecule has 1 amide bonds. The Labute approximate surface area is 99.8 Å². The molecule has 4 heteroatoms. The minimum absolute atomic E-state index is 0.143. The van der Waals surface area contributed by atoms with E-state index in [4.69, 9.17) is 0 Å². The minimum atomic E-state index is -0.876. The van der Waals surface area contributed by atoms with Crippen molar-refractivity contribution in [1.29, 1.82) is 0 Å². The molecule has 0 atom stereocenters. The number of thiophene rings is 1. The molecular weight excluding hydrogens is 222 g/mol. The summed E-state index contributed by atoms with van der Waals surface area (Å²) >= 11 is 1.59. The van der Waals surface area contributed by atoms with E-state index in [9.17, 15) is 9.90 Å². The van der Waals surface area contributed by atoms with Crippen LogP contribution in [0.1, 0.15) is 25.6 Å². The van der Waals surface area contributed by atoms with Gasteiger partial charge < -0.3 is 10.4 Å². The number of amides is 1. The molecule has 1 heterocycles. The van der Waals surface area contributed by atoms with Crippen LogP contribution in [0.5, 0.6) is 0 Å². The zero-order chi connectivity index (χ0) is 12.2. The molecule has 1 aromatic rings. The monoisotopic (exact) mass is 239 g/mol. The second-order valence-corrected chi connectivity index (χ2v) is 5.32. The molecule has 0 unspecified atom stereocenters. The molecule has 0 saturated heterocycles. The van der Waals surface area contributed by atoms with Crippen LogP contribution < -0.4 is 5.32 Å². The molecular formula is C12H17NO2S. The van der Waals surface area contributed by atoms with Crippen LogP contribution in [0.15, 0.2) is 23.1 Å². The summed E-state index contributed by atoms with van der Waals surface area (Å²) in [4.78, 5) is 12.7. The highest BCUT2D eigenvalue weighted by Gasteiger charge is 2.14. The fourth-order valence-electron chi connectivity index (χ4n) is 1.09. The third-order valence-corrected chi connectivity index (χ3v) is 2.76. The van der Waals surface area contributed by atoms with E-state index in [1.165, 1.54) is 0 Å². The first-order valence-corrected chi connectivity index (χ1v) is 5.99. The van der Waals surface area contributed by atoms with Gasteiger partial charge in [0.1, 0.15) is 0 Å². The summed E-state index contributed by atoms with van der Waals surface area (Å²) in [6.45, 7) is 5.33. The molecule has 0 saturated carbocycles. The molecule has 0 bridgehead atoms. The zero-order valence-corrected chi connectivity index (χ0v) is 10.6. The van der Waals surface area contributed by atoms with Crippen molar-refractivity contribution < 1.29 is 9.90 Å². The summed E-state index contributed by atoms with van der Waals surface area (Å²) < 4.78 is 0. The van der Waals surface area contributed by atoms with Crippen molar-refractivity contribution in [1.82, 2.24) is 5.32 Å². The molecule has 0 aromatic carbocycles. The number of hydrogen-bond donors (Lipinski definition) is 2. The van der Waals surface area contributed by atoms with Gasteiger partial charge in [0, 0.05) is 17.0 Å². The molecule has 0 radical (unpaired) electrons. The summed E-state index contributed by atoms with van der Waals surface area (Å²) in [5.74, 6) is -0.143. The Hall–Kier alpha value is -1.13. The fraction of sp³-hybridized carbons (Fsp3) is 0.417. The van der Waals surface area contributed by atoms with Gasteiger partial charge in [0.15, 0.2) is 0 Å². The average molecular weight is 239 g/mol. The van der Waals surface area contributed by atoms with Crippen molar-refractivity contribution in [3.05, 3.63) is 28.0 Å². The highest BCUT2D eigenvalue weighted by molar-refractivity contribution is 7.10. The molecule has 1 rings (SSSR count). The van der Waals surface area contributed by atoms with Crippen LogP contribution in [-0.4, -0.2) is 23.2 Å². The van der Waals surface area contributed by atoms with Gasteiger partial charge in [-0.05, 0) is 38.3 Å². The van der Waals surface area contributed by atoms with E-state index < -0.39 is 5.60 Å². The molecule has 3 nitrogen and oxygen atoms in total. The lowest BCUT2D eigenvalue weighted by Gasteiger charge is -2.17. The number of carbonyl (C=O) groups excluding carboxylic acids is 1. The van der Waals surface area contributed by atoms with E-state index in [1.807, 2.05) is 23.6 Å². The summed E-state index contributed by atoms with van der Waals surface area (Å²) in [5.41, 5.74) is -0.231. The van der Waals surface area contributed by atoms with Crippen LogP contribution in [0.3, 0.4) is 0 Å². The Kier molecular flexibility index (Phi) is 4.26. The van der Waals surface area contributed by atoms with E-state index in [0.717, 1.165) is 4.88 Å². The standard InChI is InChI=1S/C12H17NO2S/c1-9(7-10-5-4-6-16-10)11(14)13-8-12(2,3)15/h4-7,15H,8H2,1-3H3,(H,13,14)/b9-7+. The van der Waals surface area contributed by atoms with Crippen molar-refractivity contribution in [2.75, 3.05) is 6.54 Å². The predicted octanol–water partition coefficient (Wildman–Crippen LogP) is 2.04. The molecule has 2 N–H and O–H groups in total. The average Bonchev–Trinajstić information content (AvgIpc) is 2.65. The molecule has 0 aliphatic heterocycles. The highest BCUT2D eigenvalue weighted by atomic mass is 32.1. The molecule has 0 spiro atoms. The van der Waals surface area contributed by atoms with Gasteiger partial charge in [0.2, 0.25) is 5.91 Å². The maximum atomic E-state index is 11.6. The van der Waals surface area contributed by atoms with E-state index in [-0.39, 0.29) is 12.5 Å². The Morgan fingerprint density at radius 1 is 1.62 bits per heavy atom. The second-order valence-electron chi connectivity index (χ2n) is 4.34. The summed E-state index contributed by atoms with van der Waals surface area (Å²) in [5, 5.41) is 14.1. The van der Waals surface area contributed by atoms with Crippen LogP contribution in [0.2, 0.25) is 0 Å². The van der Waals surface area contributed by atoms with E-state index in [1.54, 1.807) is 32.1 Å². The van der Waals surface area contributed by atoms with Crippen molar-refractivity contribution in [3.63, 3.8) is 0 Å². The molecule has 0 aliphatic rings. The number of hydrogen-bond acceptors (Lipinski definition) is 3. The first kappa shape index (κ1) is 12.9. The molecule has 1 aromatic heterocycles. The Bertz CT molecular complexity index is 374. The van der Waals surface area contributed by atoms with E-state index in [2.05, 4.69) is 5.32 Å². The predicted molar refractivity (Wildman–Crippen MR) is 67.3 cm³/mol. The van der Waals surface area contributed by atoms with E-state index in [0.29, 0.717) is 5.57 Å². The third kappa shape index (κ3) is 4.59. The van der Waals surface area contributed by atoms with Gasteiger partial charge in [-0.1, -0.05) is 6.07 Å². The SMILES string of the molecule is C/C(=C\c1cccs1)C(=O)NCC(C)(C)O. The van der Waals surface area contributed by atoms with Crippen molar-refractivity contribution in [2.24, 2.45) is 0 Å². The maximum absolute atomic E-state index is 11.6. The molecule has 88 valence electrons. The van der Waals surface area contributed by atoms with E-state index >= 15 is 0 Å². The number of rotatable bonds is 4. The van der Waals surface area contributed by atoms with Gasteiger partial charge >= 0.3 is 0 Å². The number of nitrogens with one attached hydrogen (secondary N) is 1. The zero-order valence-electron chi connectivity index (χ0n) is 9.78. The fourth-order valence-corrected chi connectivity index (χ4v) is 1.80. The lowest BCUT2D eigenvalue weighted by molar-refractivity contribution is -0.118. The van der Waals surface area contributed by atoms with Gasteiger partial charge in [0.05, 0.1) is 5.60 Å². The Morgan fingerprint density at radius 3 is 2.81 bits per heavy atom. The second kappa shape index (κ2) is 5.27.